The molecule has 17 nitrogen and oxygen atoms in total. The maximum atomic E-state index is 13.1. The van der Waals surface area contributed by atoms with Crippen molar-refractivity contribution in [3.8, 4) is 0 Å². The lowest BCUT2D eigenvalue weighted by atomic mass is 10.0. The minimum Gasteiger partial charge on any atom is -0.462 e. The predicted molar refractivity (Wildman–Crippen MR) is 400 cm³/mol. The van der Waals surface area contributed by atoms with E-state index in [1.807, 2.05) is 18.2 Å². The molecule has 0 saturated heterocycles. The Hall–Kier alpha value is -3.24. The lowest BCUT2D eigenvalue weighted by Gasteiger charge is -2.21. The molecular weight excluding hydrogens is 1280 g/mol. The Bertz CT molecular complexity index is 2100. The molecule has 572 valence electrons. The van der Waals surface area contributed by atoms with Crippen molar-refractivity contribution >= 4 is 39.5 Å². The molecular formula is C79H144O17P2. The third-order valence-electron chi connectivity index (χ3n) is 17.1. The number of unbranched alkanes of at least 4 members (excludes halogenated alkanes) is 40. The van der Waals surface area contributed by atoms with Crippen LogP contribution in [0.25, 0.3) is 0 Å². The topological polar surface area (TPSA) is 237 Å². The molecule has 3 N–H and O–H groups in total. The number of phosphoric acid groups is 2. The number of aliphatic hydroxyl groups excluding tert-OH is 1. The van der Waals surface area contributed by atoms with Crippen LogP contribution in [0.2, 0.25) is 0 Å². The molecule has 19 heteroatoms. The summed E-state index contributed by atoms with van der Waals surface area (Å²) < 4.78 is 68.4. The summed E-state index contributed by atoms with van der Waals surface area (Å²) >= 11 is 0. The first kappa shape index (κ1) is 94.8. The first-order valence-corrected chi connectivity index (χ1v) is 42.5. The largest absolute Gasteiger partial charge is 0.472 e. The number of carbonyl (C=O) groups excluding carboxylic acids is 4. The van der Waals surface area contributed by atoms with E-state index in [4.69, 9.17) is 37.0 Å². The van der Waals surface area contributed by atoms with E-state index < -0.39 is 97.5 Å². The third-order valence-corrected chi connectivity index (χ3v) is 19.0. The van der Waals surface area contributed by atoms with E-state index in [0.717, 1.165) is 96.3 Å². The summed E-state index contributed by atoms with van der Waals surface area (Å²) in [6, 6.07) is 0. The van der Waals surface area contributed by atoms with Crippen LogP contribution in [0.4, 0.5) is 0 Å². The van der Waals surface area contributed by atoms with Gasteiger partial charge in [-0.15, -0.1) is 0 Å². The van der Waals surface area contributed by atoms with Gasteiger partial charge < -0.3 is 33.8 Å². The number of allylic oxidation sites excluding steroid dienone is 9. The van der Waals surface area contributed by atoms with Gasteiger partial charge in [0.2, 0.25) is 0 Å². The molecule has 0 aromatic carbocycles. The standard InChI is InChI=1S/C79H144O17P2/c1-5-9-13-17-21-25-29-33-36-40-43-47-51-55-59-63-76(81)89-69-74(95-78(83)65-61-57-53-49-45-39-32-28-24-20-16-12-8-4)71-93-97(85,86)91-67-73(80)68-92-98(87,88)94-72-75(96-79(84)66-62-58-54-50-46-42-38-35-31-27-23-19-15-11-7-3)70-90-77(82)64-60-56-52-48-44-41-37-34-30-26-22-18-14-10-6-2/h9,13,21,25,33,36,43,47,55,59,73-75,80H,5-8,10-12,14-20,22-24,26-32,34-35,37-42,44-46,48-54,56-58,60-72H2,1-4H3,(H,85,86)(H,87,88)/b13-9-,25-21-,36-33-,47-43-,59-55-. The summed E-state index contributed by atoms with van der Waals surface area (Å²) in [7, 11) is -9.95. The van der Waals surface area contributed by atoms with Crippen molar-refractivity contribution in [1.82, 2.24) is 0 Å². The highest BCUT2D eigenvalue weighted by molar-refractivity contribution is 7.47. The Balaban J connectivity index is 5.36. The molecule has 0 aromatic heterocycles. The van der Waals surface area contributed by atoms with E-state index in [9.17, 15) is 43.2 Å². The van der Waals surface area contributed by atoms with Crippen molar-refractivity contribution in [3.63, 3.8) is 0 Å². The van der Waals surface area contributed by atoms with Crippen LogP contribution in [0.5, 0.6) is 0 Å². The molecule has 0 saturated carbocycles. The second-order valence-corrected chi connectivity index (χ2v) is 29.6. The number of rotatable bonds is 75. The number of aliphatic hydroxyl groups is 1. The number of esters is 4. The third kappa shape index (κ3) is 71.2. The van der Waals surface area contributed by atoms with Crippen molar-refractivity contribution in [2.24, 2.45) is 0 Å². The lowest BCUT2D eigenvalue weighted by Crippen LogP contribution is -2.30. The SMILES string of the molecule is CC/C=C\C/C=C\C/C=C\C/C=C\C/C=C\CC(=O)OCC(COP(=O)(O)OCC(O)COP(=O)(O)OCC(COC(=O)CCCCCCCCCCCCCCCCC)OC(=O)CCCCCCCCCCCCCCCCC)OC(=O)CCCCCCCCCCCCCCC. The predicted octanol–water partition coefficient (Wildman–Crippen LogP) is 22.7. The molecule has 0 radical (unpaired) electrons. The van der Waals surface area contributed by atoms with Crippen LogP contribution in [0, 0.1) is 0 Å². The minimum absolute atomic E-state index is 0.0654. The molecule has 0 fully saturated rings. The summed E-state index contributed by atoms with van der Waals surface area (Å²) in [6.07, 6.45) is 70.9. The molecule has 0 amide bonds. The van der Waals surface area contributed by atoms with Gasteiger partial charge in [0.15, 0.2) is 12.2 Å². The zero-order valence-corrected chi connectivity index (χ0v) is 64.3. The highest BCUT2D eigenvalue weighted by atomic mass is 31.2. The van der Waals surface area contributed by atoms with Gasteiger partial charge in [0.1, 0.15) is 19.3 Å². The second kappa shape index (κ2) is 72.1. The second-order valence-electron chi connectivity index (χ2n) is 26.7. The van der Waals surface area contributed by atoms with Gasteiger partial charge in [-0.3, -0.25) is 37.3 Å². The van der Waals surface area contributed by atoms with Gasteiger partial charge in [-0.25, -0.2) is 9.13 Å². The van der Waals surface area contributed by atoms with Gasteiger partial charge in [0.25, 0.3) is 0 Å². The van der Waals surface area contributed by atoms with Crippen molar-refractivity contribution in [2.75, 3.05) is 39.6 Å². The molecule has 5 atom stereocenters. The smallest absolute Gasteiger partial charge is 0.462 e. The number of phosphoric ester groups is 2. The van der Waals surface area contributed by atoms with Crippen LogP contribution in [-0.4, -0.2) is 96.7 Å². The number of ether oxygens (including phenoxy) is 4. The van der Waals surface area contributed by atoms with Gasteiger partial charge >= 0.3 is 39.5 Å². The summed E-state index contributed by atoms with van der Waals surface area (Å²) in [5.74, 6) is -2.28. The molecule has 0 spiro atoms. The first-order valence-electron chi connectivity index (χ1n) is 39.5. The Morgan fingerprint density at radius 2 is 0.531 bits per heavy atom. The van der Waals surface area contributed by atoms with Crippen molar-refractivity contribution in [2.45, 2.75) is 380 Å². The highest BCUT2D eigenvalue weighted by Gasteiger charge is 2.30. The fourth-order valence-electron chi connectivity index (χ4n) is 11.1. The van der Waals surface area contributed by atoms with Crippen molar-refractivity contribution in [1.29, 1.82) is 0 Å². The number of hydrogen-bond acceptors (Lipinski definition) is 15. The van der Waals surface area contributed by atoms with Gasteiger partial charge in [-0.1, -0.05) is 345 Å². The molecule has 0 aliphatic carbocycles. The van der Waals surface area contributed by atoms with Gasteiger partial charge in [0, 0.05) is 19.3 Å². The average Bonchev–Trinajstić information content (AvgIpc) is 0.959. The summed E-state index contributed by atoms with van der Waals surface area (Å²) in [6.45, 7) is 4.73. The Morgan fingerprint density at radius 1 is 0.296 bits per heavy atom. The van der Waals surface area contributed by atoms with Crippen molar-refractivity contribution in [3.05, 3.63) is 60.8 Å². The summed E-state index contributed by atoms with van der Waals surface area (Å²) in [4.78, 5) is 72.8. The Labute approximate surface area is 597 Å². The molecule has 98 heavy (non-hydrogen) atoms. The fourth-order valence-corrected chi connectivity index (χ4v) is 12.6. The molecule has 0 rings (SSSR count). The normalized spacial score (nSPS) is 14.2. The maximum Gasteiger partial charge on any atom is 0.472 e. The van der Waals surface area contributed by atoms with Crippen LogP contribution in [0.3, 0.4) is 0 Å². The van der Waals surface area contributed by atoms with E-state index >= 15 is 0 Å². The quantitative estimate of drug-likeness (QED) is 0.0169. The van der Waals surface area contributed by atoms with E-state index in [0.29, 0.717) is 25.7 Å². The zero-order chi connectivity index (χ0) is 71.8. The molecule has 0 aliphatic heterocycles. The van der Waals surface area contributed by atoms with Crippen LogP contribution >= 0.6 is 15.6 Å². The minimum atomic E-state index is -4.98. The Kier molecular flexibility index (Phi) is 69.7. The molecule has 0 bridgehead atoms. The summed E-state index contributed by atoms with van der Waals surface area (Å²) in [5.41, 5.74) is 0. The lowest BCUT2D eigenvalue weighted by molar-refractivity contribution is -0.161. The van der Waals surface area contributed by atoms with Gasteiger partial charge in [0.05, 0.1) is 32.8 Å². The molecule has 0 aromatic rings. The monoisotopic (exact) mass is 1430 g/mol. The van der Waals surface area contributed by atoms with Gasteiger partial charge in [-0.05, 0) is 51.4 Å². The first-order chi connectivity index (χ1) is 47.7. The van der Waals surface area contributed by atoms with E-state index in [1.54, 1.807) is 6.08 Å². The van der Waals surface area contributed by atoms with Crippen LogP contribution < -0.4 is 0 Å². The zero-order valence-electron chi connectivity index (χ0n) is 62.5. The molecule has 0 heterocycles. The number of hydrogen-bond donors (Lipinski definition) is 3. The van der Waals surface area contributed by atoms with Crippen LogP contribution in [0.1, 0.15) is 362 Å². The van der Waals surface area contributed by atoms with Gasteiger partial charge in [-0.2, -0.15) is 0 Å². The van der Waals surface area contributed by atoms with E-state index in [1.165, 1.54) is 186 Å². The van der Waals surface area contributed by atoms with E-state index in [-0.39, 0.29) is 25.7 Å². The Morgan fingerprint density at radius 3 is 0.816 bits per heavy atom. The summed E-state index contributed by atoms with van der Waals surface area (Å²) in [5, 5.41) is 10.6. The highest BCUT2D eigenvalue weighted by Crippen LogP contribution is 2.45. The molecule has 0 aliphatic rings. The molecule has 5 unspecified atom stereocenters. The van der Waals surface area contributed by atoms with E-state index in [2.05, 4.69) is 64.2 Å². The average molecular weight is 1430 g/mol. The number of carbonyl (C=O) groups is 4. The maximum absolute atomic E-state index is 13.1. The fraction of sp³-hybridized carbons (Fsp3) is 0.823. The van der Waals surface area contributed by atoms with Crippen LogP contribution in [-0.2, 0) is 65.4 Å². The van der Waals surface area contributed by atoms with Crippen LogP contribution in [0.15, 0.2) is 60.8 Å². The van der Waals surface area contributed by atoms with Crippen molar-refractivity contribution < 1.29 is 80.2 Å².